The van der Waals surface area contributed by atoms with Crippen LogP contribution in [0, 0.1) is 17.4 Å². The maximum Gasteiger partial charge on any atom is 0.129 e. The third-order valence-corrected chi connectivity index (χ3v) is 7.83. The number of methoxy groups -OCH3 is 2. The van der Waals surface area contributed by atoms with Gasteiger partial charge in [0, 0.05) is 61.1 Å². The van der Waals surface area contributed by atoms with Gasteiger partial charge in [-0.2, -0.15) is 5.10 Å². The van der Waals surface area contributed by atoms with Crippen molar-refractivity contribution in [3.63, 3.8) is 0 Å². The largest absolute Gasteiger partial charge is 0.497 e. The van der Waals surface area contributed by atoms with Crippen LogP contribution in [0.2, 0.25) is 19.6 Å². The van der Waals surface area contributed by atoms with Gasteiger partial charge in [0.15, 0.2) is 0 Å². The van der Waals surface area contributed by atoms with Crippen molar-refractivity contribution in [2.45, 2.75) is 39.0 Å². The summed E-state index contributed by atoms with van der Waals surface area (Å²) < 4.78 is 18.6. The maximum atomic E-state index is 5.55. The van der Waals surface area contributed by atoms with Gasteiger partial charge in [0.05, 0.1) is 49.9 Å². The third kappa shape index (κ3) is 6.82. The SMILES string of the molecule is COc1cc(OC)cc(N(CC#C[Si](C)(C)C)c2ccc3ncc(-c4cnn(CC5CCOCC5)c4)nc3c2)c1. The highest BCUT2D eigenvalue weighted by Gasteiger charge is 2.17. The molecule has 0 N–H and O–H groups in total. The molecule has 2 aromatic carbocycles. The Hall–Kier alpha value is -3.87. The summed E-state index contributed by atoms with van der Waals surface area (Å²) in [4.78, 5) is 11.9. The number of rotatable bonds is 8. The summed E-state index contributed by atoms with van der Waals surface area (Å²) in [5.41, 5.74) is 8.79. The molecule has 3 heterocycles. The molecule has 1 aliphatic rings. The number of ether oxygens (including phenoxy) is 3. The van der Waals surface area contributed by atoms with E-state index in [1.165, 1.54) is 0 Å². The number of benzene rings is 2. The molecule has 0 radical (unpaired) electrons. The molecule has 0 saturated carbocycles. The summed E-state index contributed by atoms with van der Waals surface area (Å²) >= 11 is 0. The van der Waals surface area contributed by atoms with Crippen LogP contribution >= 0.6 is 0 Å². The highest BCUT2D eigenvalue weighted by Crippen LogP contribution is 2.34. The molecule has 1 fully saturated rings. The van der Waals surface area contributed by atoms with Gasteiger partial charge in [-0.15, -0.1) is 5.54 Å². The standard InChI is InChI=1S/C31H37N5O3Si/c1-37-27-15-26(16-28(18-27)38-2)36(11-6-14-40(3,4)5)25-7-8-29-30(17-25)34-31(20-32-29)24-19-33-35(22-24)21-23-9-12-39-13-10-23/h7-8,15-20,22-23H,9-13,21H2,1-5H3. The van der Waals surface area contributed by atoms with Crippen LogP contribution in [-0.2, 0) is 11.3 Å². The molecule has 0 amide bonds. The van der Waals surface area contributed by atoms with Crippen LogP contribution in [0.5, 0.6) is 11.5 Å². The van der Waals surface area contributed by atoms with Gasteiger partial charge in [0.2, 0.25) is 0 Å². The van der Waals surface area contributed by atoms with Crippen molar-refractivity contribution < 1.29 is 14.2 Å². The van der Waals surface area contributed by atoms with Gasteiger partial charge in [0.1, 0.15) is 19.6 Å². The summed E-state index contributed by atoms with van der Waals surface area (Å²) in [7, 11) is 1.78. The van der Waals surface area contributed by atoms with Gasteiger partial charge >= 0.3 is 0 Å². The summed E-state index contributed by atoms with van der Waals surface area (Å²) in [6.07, 6.45) is 7.91. The lowest BCUT2D eigenvalue weighted by atomic mass is 10.0. The van der Waals surface area contributed by atoms with E-state index < -0.39 is 8.07 Å². The van der Waals surface area contributed by atoms with Crippen molar-refractivity contribution in [2.24, 2.45) is 5.92 Å². The lowest BCUT2D eigenvalue weighted by molar-refractivity contribution is 0.0601. The number of fused-ring (bicyclic) bond motifs is 1. The first-order valence-corrected chi connectivity index (χ1v) is 17.2. The number of nitrogens with zero attached hydrogens (tertiary/aromatic N) is 5. The Morgan fingerprint density at radius 3 is 2.42 bits per heavy atom. The predicted octanol–water partition coefficient (Wildman–Crippen LogP) is 5.96. The molecule has 40 heavy (non-hydrogen) atoms. The van der Waals surface area contributed by atoms with E-state index in [2.05, 4.69) is 59.4 Å². The average Bonchev–Trinajstić information content (AvgIpc) is 3.43. The van der Waals surface area contributed by atoms with E-state index in [1.54, 1.807) is 14.2 Å². The lowest BCUT2D eigenvalue weighted by Crippen LogP contribution is -2.20. The minimum Gasteiger partial charge on any atom is -0.497 e. The molecule has 8 nitrogen and oxygen atoms in total. The van der Waals surface area contributed by atoms with E-state index in [0.717, 1.165) is 77.8 Å². The van der Waals surface area contributed by atoms with Crippen LogP contribution < -0.4 is 14.4 Å². The lowest BCUT2D eigenvalue weighted by Gasteiger charge is -2.24. The van der Waals surface area contributed by atoms with Crippen LogP contribution in [0.1, 0.15) is 12.8 Å². The maximum absolute atomic E-state index is 5.55. The van der Waals surface area contributed by atoms with Gasteiger partial charge in [-0.25, -0.2) is 4.98 Å². The molecule has 9 heteroatoms. The van der Waals surface area contributed by atoms with Crippen LogP contribution in [0.4, 0.5) is 11.4 Å². The molecule has 2 aromatic heterocycles. The fraction of sp³-hybridized carbons (Fsp3) is 0.387. The molecular weight excluding hydrogens is 518 g/mol. The van der Waals surface area contributed by atoms with Gasteiger partial charge < -0.3 is 19.1 Å². The van der Waals surface area contributed by atoms with Gasteiger partial charge in [-0.3, -0.25) is 9.67 Å². The molecule has 0 aliphatic carbocycles. The Labute approximate surface area is 237 Å². The molecule has 1 aliphatic heterocycles. The zero-order valence-corrected chi connectivity index (χ0v) is 25.0. The Balaban J connectivity index is 1.48. The minimum absolute atomic E-state index is 0.526. The van der Waals surface area contributed by atoms with E-state index in [4.69, 9.17) is 24.2 Å². The Morgan fingerprint density at radius 2 is 1.73 bits per heavy atom. The van der Waals surface area contributed by atoms with E-state index in [9.17, 15) is 0 Å². The molecule has 0 spiro atoms. The molecule has 0 bridgehead atoms. The molecular formula is C31H37N5O3Si. The Kier molecular flexibility index (Phi) is 8.38. The number of aromatic nitrogens is 4. The van der Waals surface area contributed by atoms with Crippen molar-refractivity contribution in [1.29, 1.82) is 0 Å². The van der Waals surface area contributed by atoms with Crippen molar-refractivity contribution in [3.8, 4) is 34.2 Å². The van der Waals surface area contributed by atoms with Gasteiger partial charge in [-0.05, 0) is 37.0 Å². The topological polar surface area (TPSA) is 74.5 Å². The second-order valence-electron chi connectivity index (χ2n) is 11.1. The van der Waals surface area contributed by atoms with Crippen molar-refractivity contribution in [1.82, 2.24) is 19.7 Å². The minimum atomic E-state index is -1.54. The fourth-order valence-corrected chi connectivity index (χ4v) is 5.37. The Bertz CT molecular complexity index is 1510. The van der Waals surface area contributed by atoms with Crippen LogP contribution in [0.3, 0.4) is 0 Å². The molecule has 0 unspecified atom stereocenters. The molecule has 4 aromatic rings. The van der Waals surface area contributed by atoms with Crippen molar-refractivity contribution in [2.75, 3.05) is 38.9 Å². The molecule has 5 rings (SSSR count). The fourth-order valence-electron chi connectivity index (χ4n) is 4.76. The van der Waals surface area contributed by atoms with Gasteiger partial charge in [-0.1, -0.05) is 25.6 Å². The zero-order valence-electron chi connectivity index (χ0n) is 24.0. The van der Waals surface area contributed by atoms with Crippen LogP contribution in [0.15, 0.2) is 55.0 Å². The second-order valence-corrected chi connectivity index (χ2v) is 15.9. The highest BCUT2D eigenvalue weighted by atomic mass is 28.3. The van der Waals surface area contributed by atoms with E-state index >= 15 is 0 Å². The first kappa shape index (κ1) is 27.7. The average molecular weight is 556 g/mol. The number of anilines is 2. The smallest absolute Gasteiger partial charge is 0.129 e. The first-order valence-electron chi connectivity index (χ1n) is 13.7. The second kappa shape index (κ2) is 12.1. The monoisotopic (exact) mass is 555 g/mol. The van der Waals surface area contributed by atoms with Crippen molar-refractivity contribution >= 4 is 30.5 Å². The van der Waals surface area contributed by atoms with E-state index in [1.807, 2.05) is 41.3 Å². The molecule has 1 saturated heterocycles. The van der Waals surface area contributed by atoms with E-state index in [0.29, 0.717) is 12.5 Å². The quantitative estimate of drug-likeness (QED) is 0.196. The number of hydrogen-bond acceptors (Lipinski definition) is 7. The van der Waals surface area contributed by atoms with Crippen molar-refractivity contribution in [3.05, 3.63) is 55.0 Å². The third-order valence-electron chi connectivity index (χ3n) is 6.90. The predicted molar refractivity (Wildman–Crippen MR) is 162 cm³/mol. The number of hydrogen-bond donors (Lipinski definition) is 0. The molecule has 208 valence electrons. The Morgan fingerprint density at radius 1 is 0.975 bits per heavy atom. The summed E-state index contributed by atoms with van der Waals surface area (Å²) in [5, 5.41) is 4.60. The van der Waals surface area contributed by atoms with Gasteiger partial charge in [0.25, 0.3) is 0 Å². The van der Waals surface area contributed by atoms with Crippen LogP contribution in [-0.4, -0.2) is 61.8 Å². The molecule has 0 atom stereocenters. The normalized spacial score (nSPS) is 14.0. The van der Waals surface area contributed by atoms with Crippen LogP contribution in [0.25, 0.3) is 22.3 Å². The first-order chi connectivity index (χ1) is 19.3. The summed E-state index contributed by atoms with van der Waals surface area (Å²) in [6, 6.07) is 12.0. The van der Waals surface area contributed by atoms with E-state index in [-0.39, 0.29) is 0 Å². The highest BCUT2D eigenvalue weighted by molar-refractivity contribution is 6.83. The summed E-state index contributed by atoms with van der Waals surface area (Å²) in [6.45, 7) is 9.83. The summed E-state index contributed by atoms with van der Waals surface area (Å²) in [5.74, 6) is 5.46. The zero-order chi connectivity index (χ0) is 28.1.